The molecule has 3 unspecified atom stereocenters. The number of likely N-dealkylation sites (N-methyl/N-ethyl adjacent to an activating group) is 1. The molecule has 0 aromatic rings. The van der Waals surface area contributed by atoms with Gasteiger partial charge in [-0.1, -0.05) is 26.7 Å². The molecule has 3 atom stereocenters. The predicted molar refractivity (Wildman–Crippen MR) is 62.3 cm³/mol. The van der Waals surface area contributed by atoms with Crippen LogP contribution in [-0.2, 0) is 0 Å². The summed E-state index contributed by atoms with van der Waals surface area (Å²) in [6, 6.07) is 1.15. The fourth-order valence-corrected chi connectivity index (χ4v) is 2.45. The molecule has 0 radical (unpaired) electrons. The van der Waals surface area contributed by atoms with Gasteiger partial charge in [0, 0.05) is 18.6 Å². The molecule has 1 aliphatic carbocycles. The zero-order chi connectivity index (χ0) is 10.6. The van der Waals surface area contributed by atoms with E-state index in [0.717, 1.165) is 24.9 Å². The van der Waals surface area contributed by atoms with E-state index in [1.807, 2.05) is 0 Å². The monoisotopic (exact) mass is 198 g/mol. The summed E-state index contributed by atoms with van der Waals surface area (Å²) in [5, 5.41) is 0. The molecule has 0 aromatic heterocycles. The Bertz CT molecular complexity index is 158. The molecular formula is C12H26N2. The summed E-state index contributed by atoms with van der Waals surface area (Å²) >= 11 is 0. The minimum absolute atomic E-state index is 0.359. The fraction of sp³-hybridized carbons (Fsp3) is 1.00. The van der Waals surface area contributed by atoms with Gasteiger partial charge < -0.3 is 10.6 Å². The number of hydrogen-bond donors (Lipinski definition) is 1. The van der Waals surface area contributed by atoms with Gasteiger partial charge in [0.15, 0.2) is 0 Å². The van der Waals surface area contributed by atoms with E-state index in [1.54, 1.807) is 0 Å². The van der Waals surface area contributed by atoms with E-state index >= 15 is 0 Å². The molecular weight excluding hydrogens is 172 g/mol. The molecule has 1 rings (SSSR count). The Balaban J connectivity index is 2.31. The van der Waals surface area contributed by atoms with Crippen LogP contribution in [0.1, 0.15) is 46.0 Å². The molecule has 0 aromatic carbocycles. The molecule has 1 fully saturated rings. The summed E-state index contributed by atoms with van der Waals surface area (Å²) in [7, 11) is 2.23. The van der Waals surface area contributed by atoms with Crippen LogP contribution < -0.4 is 5.73 Å². The van der Waals surface area contributed by atoms with Crippen molar-refractivity contribution in [1.82, 2.24) is 4.90 Å². The standard InChI is InChI=1S/C12H26N2/c1-4-11(13)9-14(3)12-7-5-6-10(2)8-12/h10-12H,4-9,13H2,1-3H3. The number of nitrogens with two attached hydrogens (primary N) is 1. The molecule has 0 spiro atoms. The topological polar surface area (TPSA) is 29.3 Å². The second-order valence-electron chi connectivity index (χ2n) is 5.03. The van der Waals surface area contributed by atoms with Crippen LogP contribution in [-0.4, -0.2) is 30.6 Å². The molecule has 2 N–H and O–H groups in total. The van der Waals surface area contributed by atoms with E-state index in [4.69, 9.17) is 5.73 Å². The van der Waals surface area contributed by atoms with E-state index in [2.05, 4.69) is 25.8 Å². The minimum atomic E-state index is 0.359. The van der Waals surface area contributed by atoms with Crippen molar-refractivity contribution >= 4 is 0 Å². The number of rotatable bonds is 4. The lowest BCUT2D eigenvalue weighted by atomic mass is 9.86. The van der Waals surface area contributed by atoms with E-state index in [9.17, 15) is 0 Å². The largest absolute Gasteiger partial charge is 0.327 e. The zero-order valence-corrected chi connectivity index (χ0v) is 10.00. The van der Waals surface area contributed by atoms with Crippen molar-refractivity contribution in [1.29, 1.82) is 0 Å². The third-order valence-electron chi connectivity index (χ3n) is 3.58. The van der Waals surface area contributed by atoms with Crippen LogP contribution in [0.4, 0.5) is 0 Å². The highest BCUT2D eigenvalue weighted by atomic mass is 15.1. The lowest BCUT2D eigenvalue weighted by Gasteiger charge is -2.35. The lowest BCUT2D eigenvalue weighted by molar-refractivity contribution is 0.156. The zero-order valence-electron chi connectivity index (χ0n) is 10.00. The third kappa shape index (κ3) is 3.58. The van der Waals surface area contributed by atoms with Gasteiger partial charge in [0.2, 0.25) is 0 Å². The lowest BCUT2D eigenvalue weighted by Crippen LogP contribution is -2.42. The molecule has 1 aliphatic rings. The highest BCUT2D eigenvalue weighted by Gasteiger charge is 2.22. The first kappa shape index (κ1) is 12.0. The fourth-order valence-electron chi connectivity index (χ4n) is 2.45. The van der Waals surface area contributed by atoms with Gasteiger partial charge in [0.25, 0.3) is 0 Å². The normalized spacial score (nSPS) is 30.6. The molecule has 0 heterocycles. The summed E-state index contributed by atoms with van der Waals surface area (Å²) in [5.74, 6) is 0.911. The van der Waals surface area contributed by atoms with Crippen LogP contribution in [0.3, 0.4) is 0 Å². The Kier molecular flexibility index (Phi) is 4.90. The van der Waals surface area contributed by atoms with Crippen LogP contribution in [0.15, 0.2) is 0 Å². The van der Waals surface area contributed by atoms with Crippen molar-refractivity contribution in [3.63, 3.8) is 0 Å². The van der Waals surface area contributed by atoms with Crippen molar-refractivity contribution in [3.8, 4) is 0 Å². The van der Waals surface area contributed by atoms with Gasteiger partial charge >= 0.3 is 0 Å². The van der Waals surface area contributed by atoms with Gasteiger partial charge in [-0.2, -0.15) is 0 Å². The maximum absolute atomic E-state index is 5.97. The van der Waals surface area contributed by atoms with Crippen molar-refractivity contribution in [2.45, 2.75) is 58.0 Å². The first-order chi connectivity index (χ1) is 6.63. The maximum atomic E-state index is 5.97. The molecule has 2 nitrogen and oxygen atoms in total. The van der Waals surface area contributed by atoms with Gasteiger partial charge in [-0.25, -0.2) is 0 Å². The summed E-state index contributed by atoms with van der Waals surface area (Å²) in [6.45, 7) is 5.61. The molecule has 0 aliphatic heterocycles. The van der Waals surface area contributed by atoms with E-state index in [0.29, 0.717) is 6.04 Å². The SMILES string of the molecule is CCC(N)CN(C)C1CCCC(C)C1. The molecule has 0 bridgehead atoms. The first-order valence-corrected chi connectivity index (χ1v) is 6.09. The predicted octanol–water partition coefficient (Wildman–Crippen LogP) is 2.23. The molecule has 1 saturated carbocycles. The average Bonchev–Trinajstić information content (AvgIpc) is 2.17. The van der Waals surface area contributed by atoms with Crippen LogP contribution in [0, 0.1) is 5.92 Å². The second-order valence-corrected chi connectivity index (χ2v) is 5.03. The van der Waals surface area contributed by atoms with Crippen LogP contribution in [0.2, 0.25) is 0 Å². The Hall–Kier alpha value is -0.0800. The average molecular weight is 198 g/mol. The van der Waals surface area contributed by atoms with Crippen LogP contribution >= 0.6 is 0 Å². The van der Waals surface area contributed by atoms with Gasteiger partial charge in [-0.15, -0.1) is 0 Å². The molecule has 0 amide bonds. The Morgan fingerprint density at radius 2 is 2.14 bits per heavy atom. The first-order valence-electron chi connectivity index (χ1n) is 6.09. The van der Waals surface area contributed by atoms with E-state index < -0.39 is 0 Å². The Labute approximate surface area is 88.8 Å². The summed E-state index contributed by atoms with van der Waals surface area (Å²) in [5.41, 5.74) is 5.97. The third-order valence-corrected chi connectivity index (χ3v) is 3.58. The van der Waals surface area contributed by atoms with Crippen molar-refractivity contribution in [3.05, 3.63) is 0 Å². The molecule has 0 saturated heterocycles. The van der Waals surface area contributed by atoms with Gasteiger partial charge in [0.1, 0.15) is 0 Å². The summed E-state index contributed by atoms with van der Waals surface area (Å²) in [4.78, 5) is 2.48. The maximum Gasteiger partial charge on any atom is 0.0165 e. The smallest absolute Gasteiger partial charge is 0.0165 e. The highest BCUT2D eigenvalue weighted by molar-refractivity contribution is 4.78. The molecule has 84 valence electrons. The van der Waals surface area contributed by atoms with Crippen molar-refractivity contribution in [2.75, 3.05) is 13.6 Å². The van der Waals surface area contributed by atoms with E-state index in [-0.39, 0.29) is 0 Å². The van der Waals surface area contributed by atoms with Gasteiger partial charge in [-0.05, 0) is 32.2 Å². The van der Waals surface area contributed by atoms with Crippen LogP contribution in [0.5, 0.6) is 0 Å². The Morgan fingerprint density at radius 3 is 2.71 bits per heavy atom. The van der Waals surface area contributed by atoms with Crippen molar-refractivity contribution < 1.29 is 0 Å². The highest BCUT2D eigenvalue weighted by Crippen LogP contribution is 2.26. The quantitative estimate of drug-likeness (QED) is 0.750. The number of hydrogen-bond acceptors (Lipinski definition) is 2. The number of nitrogens with zero attached hydrogens (tertiary/aromatic N) is 1. The van der Waals surface area contributed by atoms with E-state index in [1.165, 1.54) is 25.7 Å². The molecule has 14 heavy (non-hydrogen) atoms. The summed E-state index contributed by atoms with van der Waals surface area (Å²) in [6.07, 6.45) is 6.65. The molecule has 2 heteroatoms. The van der Waals surface area contributed by atoms with Crippen LogP contribution in [0.25, 0.3) is 0 Å². The Morgan fingerprint density at radius 1 is 1.43 bits per heavy atom. The van der Waals surface area contributed by atoms with Gasteiger partial charge in [-0.3, -0.25) is 0 Å². The minimum Gasteiger partial charge on any atom is -0.327 e. The van der Waals surface area contributed by atoms with Gasteiger partial charge in [0.05, 0.1) is 0 Å². The van der Waals surface area contributed by atoms with Crippen molar-refractivity contribution in [2.24, 2.45) is 11.7 Å². The summed E-state index contributed by atoms with van der Waals surface area (Å²) < 4.78 is 0. The second kappa shape index (κ2) is 5.72.